The van der Waals surface area contributed by atoms with E-state index in [-0.39, 0.29) is 6.04 Å². The minimum absolute atomic E-state index is 0.0397. The van der Waals surface area contributed by atoms with Gasteiger partial charge in [0, 0.05) is 6.04 Å². The quantitative estimate of drug-likeness (QED) is 0.864. The molecule has 0 saturated heterocycles. The van der Waals surface area contributed by atoms with Crippen LogP contribution in [0.25, 0.3) is 0 Å². The Morgan fingerprint density at radius 2 is 1.95 bits per heavy atom. The SMILES string of the molecule is CCC(N)c1cccc(Oc2ccc(OC)cc2Br)c1. The van der Waals surface area contributed by atoms with Crippen molar-refractivity contribution in [1.29, 1.82) is 0 Å². The van der Waals surface area contributed by atoms with Crippen molar-refractivity contribution < 1.29 is 9.47 Å². The molecule has 0 aliphatic rings. The summed E-state index contributed by atoms with van der Waals surface area (Å²) >= 11 is 3.48. The predicted molar refractivity (Wildman–Crippen MR) is 84.4 cm³/mol. The summed E-state index contributed by atoms with van der Waals surface area (Å²) in [5.41, 5.74) is 7.12. The molecule has 2 N–H and O–H groups in total. The summed E-state index contributed by atoms with van der Waals surface area (Å²) in [6, 6.07) is 13.5. The molecule has 0 fully saturated rings. The third kappa shape index (κ3) is 3.52. The maximum atomic E-state index is 6.04. The van der Waals surface area contributed by atoms with E-state index in [1.807, 2.05) is 42.5 Å². The Balaban J connectivity index is 2.21. The van der Waals surface area contributed by atoms with Crippen LogP contribution in [0.5, 0.6) is 17.2 Å². The van der Waals surface area contributed by atoms with Gasteiger partial charge in [0.05, 0.1) is 11.6 Å². The number of ether oxygens (including phenoxy) is 2. The van der Waals surface area contributed by atoms with Gasteiger partial charge in [-0.1, -0.05) is 19.1 Å². The normalized spacial score (nSPS) is 12.0. The Kier molecular flexibility index (Phi) is 5.04. The first kappa shape index (κ1) is 14.9. The molecule has 2 rings (SSSR count). The summed E-state index contributed by atoms with van der Waals surface area (Å²) in [6.45, 7) is 2.07. The van der Waals surface area contributed by atoms with Gasteiger partial charge in [0.25, 0.3) is 0 Å². The lowest BCUT2D eigenvalue weighted by atomic mass is 10.1. The highest BCUT2D eigenvalue weighted by atomic mass is 79.9. The lowest BCUT2D eigenvalue weighted by Gasteiger charge is -2.13. The lowest BCUT2D eigenvalue weighted by Crippen LogP contribution is -2.08. The molecule has 4 heteroatoms. The van der Waals surface area contributed by atoms with Gasteiger partial charge >= 0.3 is 0 Å². The van der Waals surface area contributed by atoms with Crippen LogP contribution in [0, 0.1) is 0 Å². The topological polar surface area (TPSA) is 44.5 Å². The maximum absolute atomic E-state index is 6.04. The zero-order valence-electron chi connectivity index (χ0n) is 11.6. The van der Waals surface area contributed by atoms with Crippen LogP contribution in [0.2, 0.25) is 0 Å². The third-order valence-corrected chi connectivity index (χ3v) is 3.71. The first-order chi connectivity index (χ1) is 9.63. The van der Waals surface area contributed by atoms with E-state index in [9.17, 15) is 0 Å². The Bertz CT molecular complexity index is 586. The molecule has 0 amide bonds. The Hall–Kier alpha value is -1.52. The van der Waals surface area contributed by atoms with E-state index in [0.717, 1.165) is 33.7 Å². The second kappa shape index (κ2) is 6.77. The Morgan fingerprint density at radius 3 is 2.60 bits per heavy atom. The highest BCUT2D eigenvalue weighted by Crippen LogP contribution is 2.33. The van der Waals surface area contributed by atoms with Gasteiger partial charge < -0.3 is 15.2 Å². The molecule has 0 aliphatic carbocycles. The number of hydrogen-bond acceptors (Lipinski definition) is 3. The number of nitrogens with two attached hydrogens (primary N) is 1. The van der Waals surface area contributed by atoms with Crippen molar-refractivity contribution in [2.75, 3.05) is 7.11 Å². The van der Waals surface area contributed by atoms with E-state index in [0.29, 0.717) is 0 Å². The van der Waals surface area contributed by atoms with E-state index in [1.54, 1.807) is 7.11 Å². The molecule has 0 heterocycles. The van der Waals surface area contributed by atoms with E-state index in [4.69, 9.17) is 15.2 Å². The highest BCUT2D eigenvalue weighted by Gasteiger charge is 2.07. The van der Waals surface area contributed by atoms with E-state index < -0.39 is 0 Å². The van der Waals surface area contributed by atoms with Crippen molar-refractivity contribution in [1.82, 2.24) is 0 Å². The molecule has 3 nitrogen and oxygen atoms in total. The van der Waals surface area contributed by atoms with Crippen molar-refractivity contribution in [3.63, 3.8) is 0 Å². The summed E-state index contributed by atoms with van der Waals surface area (Å²) in [6.07, 6.45) is 0.898. The molecule has 0 saturated carbocycles. The number of hydrogen-bond donors (Lipinski definition) is 1. The van der Waals surface area contributed by atoms with Gasteiger partial charge in [0.15, 0.2) is 0 Å². The van der Waals surface area contributed by atoms with Crippen molar-refractivity contribution in [3.05, 3.63) is 52.5 Å². The summed E-state index contributed by atoms with van der Waals surface area (Å²) in [5, 5.41) is 0. The van der Waals surface area contributed by atoms with Gasteiger partial charge in [-0.3, -0.25) is 0 Å². The van der Waals surface area contributed by atoms with Gasteiger partial charge in [0.1, 0.15) is 17.2 Å². The minimum atomic E-state index is 0.0397. The zero-order chi connectivity index (χ0) is 14.5. The molecule has 0 aliphatic heterocycles. The fourth-order valence-corrected chi connectivity index (χ4v) is 2.30. The van der Waals surface area contributed by atoms with Crippen LogP contribution in [-0.2, 0) is 0 Å². The van der Waals surface area contributed by atoms with Crippen molar-refractivity contribution in [2.24, 2.45) is 5.73 Å². The van der Waals surface area contributed by atoms with Crippen LogP contribution in [0.15, 0.2) is 46.9 Å². The fraction of sp³-hybridized carbons (Fsp3) is 0.250. The lowest BCUT2D eigenvalue weighted by molar-refractivity contribution is 0.412. The average Bonchev–Trinajstić information content (AvgIpc) is 2.48. The molecule has 1 atom stereocenters. The van der Waals surface area contributed by atoms with Crippen molar-refractivity contribution >= 4 is 15.9 Å². The number of benzene rings is 2. The van der Waals surface area contributed by atoms with Crippen LogP contribution in [-0.4, -0.2) is 7.11 Å². The van der Waals surface area contributed by atoms with Gasteiger partial charge in [0.2, 0.25) is 0 Å². The molecular formula is C16H18BrNO2. The Morgan fingerprint density at radius 1 is 1.15 bits per heavy atom. The first-order valence-electron chi connectivity index (χ1n) is 6.51. The average molecular weight is 336 g/mol. The van der Waals surface area contributed by atoms with E-state index in [2.05, 4.69) is 22.9 Å². The molecule has 20 heavy (non-hydrogen) atoms. The molecule has 0 aromatic heterocycles. The number of methoxy groups -OCH3 is 1. The molecule has 2 aromatic carbocycles. The second-order valence-corrected chi connectivity index (χ2v) is 5.34. The monoisotopic (exact) mass is 335 g/mol. The third-order valence-electron chi connectivity index (χ3n) is 3.09. The standard InChI is InChI=1S/C16H18BrNO2/c1-3-15(18)11-5-4-6-13(9-11)20-16-8-7-12(19-2)10-14(16)17/h4-10,15H,3,18H2,1-2H3. The predicted octanol–water partition coefficient (Wildman–Crippen LogP) is 4.66. The molecule has 1 unspecified atom stereocenters. The minimum Gasteiger partial charge on any atom is -0.497 e. The first-order valence-corrected chi connectivity index (χ1v) is 7.30. The number of halogens is 1. The molecule has 106 valence electrons. The van der Waals surface area contributed by atoms with Crippen LogP contribution < -0.4 is 15.2 Å². The summed E-state index contributed by atoms with van der Waals surface area (Å²) < 4.78 is 11.9. The van der Waals surface area contributed by atoms with Gasteiger partial charge in [-0.2, -0.15) is 0 Å². The Labute approximate surface area is 127 Å². The summed E-state index contributed by atoms with van der Waals surface area (Å²) in [7, 11) is 1.64. The van der Waals surface area contributed by atoms with E-state index in [1.165, 1.54) is 0 Å². The smallest absolute Gasteiger partial charge is 0.141 e. The van der Waals surface area contributed by atoms with E-state index >= 15 is 0 Å². The maximum Gasteiger partial charge on any atom is 0.141 e. The zero-order valence-corrected chi connectivity index (χ0v) is 13.2. The highest BCUT2D eigenvalue weighted by molar-refractivity contribution is 9.10. The second-order valence-electron chi connectivity index (χ2n) is 4.49. The van der Waals surface area contributed by atoms with Gasteiger partial charge in [-0.25, -0.2) is 0 Å². The van der Waals surface area contributed by atoms with Crippen LogP contribution in [0.4, 0.5) is 0 Å². The summed E-state index contributed by atoms with van der Waals surface area (Å²) in [4.78, 5) is 0. The number of rotatable bonds is 5. The molecule has 0 radical (unpaired) electrons. The van der Waals surface area contributed by atoms with Crippen LogP contribution >= 0.6 is 15.9 Å². The largest absolute Gasteiger partial charge is 0.497 e. The molecule has 0 spiro atoms. The van der Waals surface area contributed by atoms with Crippen LogP contribution in [0.1, 0.15) is 24.9 Å². The fourth-order valence-electron chi connectivity index (χ4n) is 1.86. The van der Waals surface area contributed by atoms with Crippen molar-refractivity contribution in [3.8, 4) is 17.2 Å². The summed E-state index contributed by atoms with van der Waals surface area (Å²) in [5.74, 6) is 2.30. The van der Waals surface area contributed by atoms with Crippen molar-refractivity contribution in [2.45, 2.75) is 19.4 Å². The van der Waals surface area contributed by atoms with Gasteiger partial charge in [-0.15, -0.1) is 0 Å². The molecule has 0 bridgehead atoms. The molecule has 2 aromatic rings. The van der Waals surface area contributed by atoms with Crippen LogP contribution in [0.3, 0.4) is 0 Å². The van der Waals surface area contributed by atoms with Gasteiger partial charge in [-0.05, 0) is 58.2 Å². The molecular weight excluding hydrogens is 318 g/mol.